The van der Waals surface area contributed by atoms with E-state index in [-0.39, 0.29) is 5.91 Å². The summed E-state index contributed by atoms with van der Waals surface area (Å²) in [5.41, 5.74) is 9.73. The van der Waals surface area contributed by atoms with Crippen molar-refractivity contribution < 1.29 is 4.79 Å². The van der Waals surface area contributed by atoms with E-state index in [0.29, 0.717) is 11.6 Å². The Kier molecular flexibility index (Phi) is 5.61. The molecule has 0 fully saturated rings. The third kappa shape index (κ3) is 3.65. The van der Waals surface area contributed by atoms with Gasteiger partial charge in [0.25, 0.3) is 0 Å². The molecule has 4 heteroatoms. The van der Waals surface area contributed by atoms with Crippen molar-refractivity contribution in [1.82, 2.24) is 5.32 Å². The largest absolute Gasteiger partial charge is 0.366 e. The molecule has 0 bridgehead atoms. The maximum atomic E-state index is 11.9. The van der Waals surface area contributed by atoms with E-state index < -0.39 is 0 Å². The van der Waals surface area contributed by atoms with E-state index in [1.165, 1.54) is 16.0 Å². The number of fused-ring (bicyclic) bond motifs is 2. The van der Waals surface area contributed by atoms with Crippen molar-refractivity contribution in [3.05, 3.63) is 65.2 Å². The van der Waals surface area contributed by atoms with Crippen LogP contribution in [0, 0.1) is 0 Å². The Morgan fingerprint density at radius 3 is 2.64 bits per heavy atom. The SMILES string of the molecule is CCNC(CC)C/C=C1/c2ccccc2Sc2c(C(N)=O)cccc21. The van der Waals surface area contributed by atoms with Gasteiger partial charge in [-0.3, -0.25) is 4.79 Å². The molecule has 3 nitrogen and oxygen atoms in total. The van der Waals surface area contributed by atoms with Gasteiger partial charge in [0.2, 0.25) is 5.91 Å². The molecule has 1 atom stereocenters. The smallest absolute Gasteiger partial charge is 0.249 e. The molecule has 0 aliphatic carbocycles. The maximum absolute atomic E-state index is 11.9. The van der Waals surface area contributed by atoms with E-state index in [0.717, 1.165) is 29.8 Å². The lowest BCUT2D eigenvalue weighted by molar-refractivity contribution is 0.0997. The summed E-state index contributed by atoms with van der Waals surface area (Å²) in [5.74, 6) is -0.373. The summed E-state index contributed by atoms with van der Waals surface area (Å²) in [5, 5.41) is 3.53. The molecule has 0 saturated heterocycles. The van der Waals surface area contributed by atoms with Gasteiger partial charge < -0.3 is 11.1 Å². The first-order valence-electron chi connectivity index (χ1n) is 8.79. The molecule has 3 N–H and O–H groups in total. The Morgan fingerprint density at radius 1 is 1.16 bits per heavy atom. The Balaban J connectivity index is 2.09. The second-order valence-electron chi connectivity index (χ2n) is 6.16. The molecule has 0 spiro atoms. The van der Waals surface area contributed by atoms with Crippen LogP contribution in [0.25, 0.3) is 5.57 Å². The summed E-state index contributed by atoms with van der Waals surface area (Å²) in [6.07, 6.45) is 4.35. The first kappa shape index (κ1) is 17.8. The molecule has 0 saturated carbocycles. The number of rotatable bonds is 6. The predicted octanol–water partition coefficient (Wildman–Crippen LogP) is 4.46. The third-order valence-electron chi connectivity index (χ3n) is 4.55. The normalized spacial score (nSPS) is 15.5. The van der Waals surface area contributed by atoms with E-state index >= 15 is 0 Å². The molecule has 0 radical (unpaired) electrons. The van der Waals surface area contributed by atoms with E-state index in [1.807, 2.05) is 18.2 Å². The van der Waals surface area contributed by atoms with Gasteiger partial charge in [-0.2, -0.15) is 0 Å². The van der Waals surface area contributed by atoms with Gasteiger partial charge in [0.1, 0.15) is 0 Å². The lowest BCUT2D eigenvalue weighted by Crippen LogP contribution is -2.27. The van der Waals surface area contributed by atoms with Crippen molar-refractivity contribution in [1.29, 1.82) is 0 Å². The lowest BCUT2D eigenvalue weighted by Gasteiger charge is -2.24. The monoisotopic (exact) mass is 352 g/mol. The second kappa shape index (κ2) is 7.89. The van der Waals surface area contributed by atoms with Crippen LogP contribution in [0.15, 0.2) is 58.3 Å². The first-order valence-corrected chi connectivity index (χ1v) is 9.61. The first-order chi connectivity index (χ1) is 12.2. The van der Waals surface area contributed by atoms with Crippen molar-refractivity contribution in [2.45, 2.75) is 42.5 Å². The molecule has 2 aromatic rings. The highest BCUT2D eigenvalue weighted by Gasteiger charge is 2.24. The van der Waals surface area contributed by atoms with E-state index in [1.54, 1.807) is 11.8 Å². The average Bonchev–Trinajstić information content (AvgIpc) is 2.63. The summed E-state index contributed by atoms with van der Waals surface area (Å²) < 4.78 is 0. The molecule has 1 aliphatic heterocycles. The van der Waals surface area contributed by atoms with Gasteiger partial charge in [-0.05, 0) is 48.2 Å². The molecule has 1 unspecified atom stereocenters. The fourth-order valence-electron chi connectivity index (χ4n) is 3.25. The van der Waals surface area contributed by atoms with Crippen molar-refractivity contribution >= 4 is 23.2 Å². The third-order valence-corrected chi connectivity index (χ3v) is 5.77. The molecule has 0 aromatic heterocycles. The zero-order valence-electron chi connectivity index (χ0n) is 14.7. The second-order valence-corrected chi connectivity index (χ2v) is 7.21. The molecule has 1 amide bonds. The van der Waals surface area contributed by atoms with Crippen LogP contribution < -0.4 is 11.1 Å². The summed E-state index contributed by atoms with van der Waals surface area (Å²) in [4.78, 5) is 14.0. The molecule has 1 heterocycles. The Bertz CT molecular complexity index is 813. The van der Waals surface area contributed by atoms with E-state index in [4.69, 9.17) is 5.73 Å². The fraction of sp³-hybridized carbons (Fsp3) is 0.286. The number of nitrogens with two attached hydrogens (primary N) is 1. The molecule has 1 aliphatic rings. The number of hydrogen-bond donors (Lipinski definition) is 2. The summed E-state index contributed by atoms with van der Waals surface area (Å²) in [6, 6.07) is 14.6. The molecule has 2 aromatic carbocycles. The lowest BCUT2D eigenvalue weighted by atomic mass is 9.93. The Morgan fingerprint density at radius 2 is 1.92 bits per heavy atom. The number of primary amides is 1. The van der Waals surface area contributed by atoms with Crippen LogP contribution in [-0.2, 0) is 0 Å². The Hall–Kier alpha value is -2.04. The van der Waals surface area contributed by atoms with Gasteiger partial charge in [-0.25, -0.2) is 0 Å². The fourth-order valence-corrected chi connectivity index (χ4v) is 4.47. The van der Waals surface area contributed by atoms with Crippen LogP contribution in [0.5, 0.6) is 0 Å². The van der Waals surface area contributed by atoms with Crippen molar-refractivity contribution in [3.63, 3.8) is 0 Å². The van der Waals surface area contributed by atoms with E-state index in [2.05, 4.69) is 49.5 Å². The predicted molar refractivity (Wildman–Crippen MR) is 105 cm³/mol. The van der Waals surface area contributed by atoms with Gasteiger partial charge in [-0.15, -0.1) is 0 Å². The van der Waals surface area contributed by atoms with Crippen molar-refractivity contribution in [2.24, 2.45) is 5.73 Å². The number of nitrogens with one attached hydrogen (secondary N) is 1. The van der Waals surface area contributed by atoms with Crippen LogP contribution in [0.1, 0.15) is 48.2 Å². The van der Waals surface area contributed by atoms with Crippen LogP contribution in [0.4, 0.5) is 0 Å². The molecule has 130 valence electrons. The average molecular weight is 353 g/mol. The minimum absolute atomic E-state index is 0.373. The zero-order valence-corrected chi connectivity index (χ0v) is 15.5. The number of benzene rings is 2. The van der Waals surface area contributed by atoms with E-state index in [9.17, 15) is 4.79 Å². The number of hydrogen-bond acceptors (Lipinski definition) is 3. The Labute approximate surface area is 153 Å². The minimum Gasteiger partial charge on any atom is -0.366 e. The molecular weight excluding hydrogens is 328 g/mol. The highest BCUT2D eigenvalue weighted by molar-refractivity contribution is 7.99. The summed E-state index contributed by atoms with van der Waals surface area (Å²) in [7, 11) is 0. The van der Waals surface area contributed by atoms with Gasteiger partial charge >= 0.3 is 0 Å². The number of amides is 1. The number of carbonyl (C=O) groups is 1. The molecule has 3 rings (SSSR count). The van der Waals surface area contributed by atoms with Gasteiger partial charge in [0.05, 0.1) is 5.56 Å². The quantitative estimate of drug-likeness (QED) is 0.689. The van der Waals surface area contributed by atoms with Crippen LogP contribution >= 0.6 is 11.8 Å². The van der Waals surface area contributed by atoms with Crippen LogP contribution in [-0.4, -0.2) is 18.5 Å². The highest BCUT2D eigenvalue weighted by atomic mass is 32.2. The highest BCUT2D eigenvalue weighted by Crippen LogP contribution is 2.46. The number of carbonyl (C=O) groups excluding carboxylic acids is 1. The van der Waals surface area contributed by atoms with Gasteiger partial charge in [-0.1, -0.05) is 62.0 Å². The maximum Gasteiger partial charge on any atom is 0.249 e. The zero-order chi connectivity index (χ0) is 17.8. The molecule has 25 heavy (non-hydrogen) atoms. The molecular formula is C21H24N2OS. The van der Waals surface area contributed by atoms with Gasteiger partial charge in [0, 0.05) is 15.8 Å². The summed E-state index contributed by atoms with van der Waals surface area (Å²) in [6.45, 7) is 5.31. The van der Waals surface area contributed by atoms with Gasteiger partial charge in [0.15, 0.2) is 0 Å². The van der Waals surface area contributed by atoms with Crippen LogP contribution in [0.2, 0.25) is 0 Å². The summed E-state index contributed by atoms with van der Waals surface area (Å²) >= 11 is 1.63. The van der Waals surface area contributed by atoms with Crippen molar-refractivity contribution in [2.75, 3.05) is 6.54 Å². The topological polar surface area (TPSA) is 55.1 Å². The standard InChI is InChI=1S/C21H24N2OS/c1-3-14(23-4-2)12-13-15-16-8-5-6-11-19(16)25-20-17(15)9-7-10-18(20)21(22)24/h5-11,13-14,23H,3-4,12H2,1-2H3,(H2,22,24)/b15-13-. The van der Waals surface area contributed by atoms with Crippen LogP contribution in [0.3, 0.4) is 0 Å². The minimum atomic E-state index is -0.373. The van der Waals surface area contributed by atoms with Crippen molar-refractivity contribution in [3.8, 4) is 0 Å².